The molecule has 0 aliphatic rings. The zero-order valence-corrected chi connectivity index (χ0v) is 7.77. The lowest BCUT2D eigenvalue weighted by atomic mass is 10.1. The second-order valence-electron chi connectivity index (χ2n) is 2.84. The highest BCUT2D eigenvalue weighted by Crippen LogP contribution is 2.29. The molecule has 0 fully saturated rings. The summed E-state index contributed by atoms with van der Waals surface area (Å²) in [5.74, 6) is -1.09. The molecule has 3 N–H and O–H groups in total. The smallest absolute Gasteiger partial charge is 0.337 e. The maximum atomic E-state index is 12.9. The molecule has 5 heteroatoms. The third-order valence-electron chi connectivity index (χ3n) is 1.84. The molecule has 0 atom stereocenters. The Bertz CT molecular complexity index is 521. The van der Waals surface area contributed by atoms with Crippen LogP contribution in [0.3, 0.4) is 0 Å². The molecule has 0 spiro atoms. The summed E-state index contributed by atoms with van der Waals surface area (Å²) in [7, 11) is 0. The Hall–Kier alpha value is -1.62. The van der Waals surface area contributed by atoms with Crippen molar-refractivity contribution in [1.82, 2.24) is 0 Å². The molecule has 1 aromatic heterocycles. The van der Waals surface area contributed by atoms with Gasteiger partial charge in [-0.3, -0.25) is 0 Å². The molecule has 1 heterocycles. The molecule has 0 aliphatic carbocycles. The van der Waals surface area contributed by atoms with Crippen LogP contribution < -0.4 is 5.73 Å². The van der Waals surface area contributed by atoms with E-state index >= 15 is 0 Å². The number of nitrogen functional groups attached to an aromatic ring is 1. The van der Waals surface area contributed by atoms with Gasteiger partial charge in [0.15, 0.2) is 5.13 Å². The second-order valence-corrected chi connectivity index (χ2v) is 3.84. The summed E-state index contributed by atoms with van der Waals surface area (Å²) in [6, 6.07) is 4.17. The van der Waals surface area contributed by atoms with E-state index in [-0.39, 0.29) is 5.56 Å². The minimum absolute atomic E-state index is 0.0499. The number of rotatable bonds is 1. The van der Waals surface area contributed by atoms with Crippen molar-refractivity contribution in [2.24, 2.45) is 0 Å². The molecule has 2 rings (SSSR count). The number of halogens is 1. The highest BCUT2D eigenvalue weighted by atomic mass is 32.1. The summed E-state index contributed by atoms with van der Waals surface area (Å²) in [5.41, 5.74) is 5.87. The summed E-state index contributed by atoms with van der Waals surface area (Å²) in [6.45, 7) is 0. The number of thiophene rings is 1. The molecule has 0 radical (unpaired) electrons. The lowest BCUT2D eigenvalue weighted by Crippen LogP contribution is -1.97. The van der Waals surface area contributed by atoms with Crippen LogP contribution in [0.15, 0.2) is 18.2 Å². The molecule has 0 unspecified atom stereocenters. The molecule has 3 nitrogen and oxygen atoms in total. The number of hydrogen-bond acceptors (Lipinski definition) is 3. The number of aromatic carboxylic acids is 1. The maximum absolute atomic E-state index is 12.9. The van der Waals surface area contributed by atoms with E-state index in [1.807, 2.05) is 0 Å². The summed E-state index contributed by atoms with van der Waals surface area (Å²) >= 11 is 0.813. The summed E-state index contributed by atoms with van der Waals surface area (Å²) < 4.78 is 13.3. The van der Waals surface area contributed by atoms with Crippen LogP contribution in [0.2, 0.25) is 0 Å². The van der Waals surface area contributed by atoms with Gasteiger partial charge in [0.05, 0.1) is 10.3 Å². The van der Waals surface area contributed by atoms with Gasteiger partial charge in [-0.1, -0.05) is 0 Å². The standard InChI is InChI=1S/C9H6FNO2S/c10-7-2-4-1-5(11)3-6(9(12)13)8(4)14-7/h1-3H,11H2,(H,12,13). The molecular formula is C9H6FNO2S. The summed E-state index contributed by atoms with van der Waals surface area (Å²) in [5, 5.41) is 8.97. The van der Waals surface area contributed by atoms with E-state index in [4.69, 9.17) is 10.8 Å². The van der Waals surface area contributed by atoms with Gasteiger partial charge in [0.25, 0.3) is 0 Å². The molecule has 72 valence electrons. The largest absolute Gasteiger partial charge is 0.478 e. The molecule has 14 heavy (non-hydrogen) atoms. The predicted octanol–water partition coefficient (Wildman–Crippen LogP) is 2.32. The fraction of sp³-hybridized carbons (Fsp3) is 0. The Kier molecular flexibility index (Phi) is 1.89. The minimum atomic E-state index is -1.09. The highest BCUT2D eigenvalue weighted by molar-refractivity contribution is 7.17. The van der Waals surface area contributed by atoms with Gasteiger partial charge in [-0.2, -0.15) is 4.39 Å². The van der Waals surface area contributed by atoms with Crippen LogP contribution in [0.25, 0.3) is 10.1 Å². The van der Waals surface area contributed by atoms with Gasteiger partial charge in [0.1, 0.15) is 0 Å². The number of carbonyl (C=O) groups is 1. The van der Waals surface area contributed by atoms with Gasteiger partial charge >= 0.3 is 5.97 Å². The van der Waals surface area contributed by atoms with Crippen LogP contribution in [-0.2, 0) is 0 Å². The molecule has 0 amide bonds. The van der Waals surface area contributed by atoms with E-state index in [0.29, 0.717) is 15.8 Å². The van der Waals surface area contributed by atoms with Gasteiger partial charge in [-0.05, 0) is 23.6 Å². The fourth-order valence-corrected chi connectivity index (χ4v) is 2.18. The van der Waals surface area contributed by atoms with Crippen LogP contribution >= 0.6 is 11.3 Å². The first-order valence-corrected chi connectivity index (χ1v) is 4.61. The third kappa shape index (κ3) is 1.31. The van der Waals surface area contributed by atoms with Crippen molar-refractivity contribution in [3.63, 3.8) is 0 Å². The van der Waals surface area contributed by atoms with Crippen LogP contribution in [-0.4, -0.2) is 11.1 Å². The van der Waals surface area contributed by atoms with Crippen molar-refractivity contribution in [2.75, 3.05) is 5.73 Å². The molecule has 0 bridgehead atoms. The quantitative estimate of drug-likeness (QED) is 0.711. The Balaban J connectivity index is 2.85. The van der Waals surface area contributed by atoms with Crippen molar-refractivity contribution >= 4 is 33.1 Å². The Labute approximate surface area is 82.6 Å². The highest BCUT2D eigenvalue weighted by Gasteiger charge is 2.12. The number of benzene rings is 1. The van der Waals surface area contributed by atoms with Crippen molar-refractivity contribution in [3.8, 4) is 0 Å². The van der Waals surface area contributed by atoms with Crippen molar-refractivity contribution in [2.45, 2.75) is 0 Å². The Morgan fingerprint density at radius 2 is 2.14 bits per heavy atom. The molecular weight excluding hydrogens is 205 g/mol. The Morgan fingerprint density at radius 1 is 1.43 bits per heavy atom. The lowest BCUT2D eigenvalue weighted by Gasteiger charge is -1.98. The number of fused-ring (bicyclic) bond motifs is 1. The SMILES string of the molecule is Nc1cc(C(=O)O)c2sc(F)cc2c1. The third-order valence-corrected chi connectivity index (χ3v) is 2.81. The maximum Gasteiger partial charge on any atom is 0.337 e. The van der Waals surface area contributed by atoms with E-state index < -0.39 is 11.1 Å². The second kappa shape index (κ2) is 2.95. The fourth-order valence-electron chi connectivity index (χ4n) is 1.30. The topological polar surface area (TPSA) is 63.3 Å². The van der Waals surface area contributed by atoms with Gasteiger partial charge in [0, 0.05) is 5.69 Å². The van der Waals surface area contributed by atoms with Gasteiger partial charge in [-0.15, -0.1) is 11.3 Å². The van der Waals surface area contributed by atoms with Gasteiger partial charge < -0.3 is 10.8 Å². The van der Waals surface area contributed by atoms with E-state index in [2.05, 4.69) is 0 Å². The van der Waals surface area contributed by atoms with E-state index in [1.54, 1.807) is 6.07 Å². The van der Waals surface area contributed by atoms with E-state index in [1.165, 1.54) is 12.1 Å². The van der Waals surface area contributed by atoms with Crippen LogP contribution in [0.4, 0.5) is 10.1 Å². The molecule has 1 aromatic carbocycles. The average Bonchev–Trinajstić information content (AvgIpc) is 2.42. The van der Waals surface area contributed by atoms with Crippen molar-refractivity contribution in [1.29, 1.82) is 0 Å². The molecule has 0 saturated carbocycles. The van der Waals surface area contributed by atoms with Gasteiger partial charge in [-0.25, -0.2) is 4.79 Å². The summed E-state index contributed by atoms with van der Waals surface area (Å²) in [6.07, 6.45) is 0. The molecule has 0 aliphatic heterocycles. The first-order valence-electron chi connectivity index (χ1n) is 3.80. The number of nitrogens with two attached hydrogens (primary N) is 1. The van der Waals surface area contributed by atoms with Crippen molar-refractivity contribution in [3.05, 3.63) is 28.9 Å². The van der Waals surface area contributed by atoms with Crippen LogP contribution in [0.5, 0.6) is 0 Å². The average molecular weight is 211 g/mol. The van der Waals surface area contributed by atoms with Gasteiger partial charge in [0.2, 0.25) is 0 Å². The van der Waals surface area contributed by atoms with Crippen LogP contribution in [0, 0.1) is 5.13 Å². The number of carboxylic acid groups (broad SMARTS) is 1. The number of hydrogen-bond donors (Lipinski definition) is 2. The lowest BCUT2D eigenvalue weighted by molar-refractivity contribution is 0.0699. The zero-order valence-electron chi connectivity index (χ0n) is 6.95. The normalized spacial score (nSPS) is 10.6. The Morgan fingerprint density at radius 3 is 2.79 bits per heavy atom. The molecule has 0 saturated heterocycles. The van der Waals surface area contributed by atoms with E-state index in [9.17, 15) is 9.18 Å². The van der Waals surface area contributed by atoms with E-state index in [0.717, 1.165) is 11.3 Å². The van der Waals surface area contributed by atoms with Crippen LogP contribution in [0.1, 0.15) is 10.4 Å². The zero-order chi connectivity index (χ0) is 10.3. The summed E-state index contributed by atoms with van der Waals surface area (Å²) in [4.78, 5) is 10.8. The molecule has 2 aromatic rings. The van der Waals surface area contributed by atoms with Crippen molar-refractivity contribution < 1.29 is 14.3 Å². The first-order chi connectivity index (χ1) is 6.58. The first kappa shape index (κ1) is 8.96. The monoisotopic (exact) mass is 211 g/mol. The number of anilines is 1. The minimum Gasteiger partial charge on any atom is -0.478 e. The number of carboxylic acids is 1. The predicted molar refractivity (Wildman–Crippen MR) is 53.2 cm³/mol.